The predicted molar refractivity (Wildman–Crippen MR) is 135 cm³/mol. The Kier molecular flexibility index (Phi) is 8.40. The fourth-order valence-corrected chi connectivity index (χ4v) is 4.78. The molecule has 1 heterocycles. The number of hydrogen-bond acceptors (Lipinski definition) is 6. The van der Waals surface area contributed by atoms with Crippen LogP contribution in [0.5, 0.6) is 11.5 Å². The lowest BCUT2D eigenvalue weighted by atomic mass is 10.1. The van der Waals surface area contributed by atoms with Crippen molar-refractivity contribution in [2.24, 2.45) is 0 Å². The molecule has 35 heavy (non-hydrogen) atoms. The van der Waals surface area contributed by atoms with E-state index in [1.165, 1.54) is 23.1 Å². The van der Waals surface area contributed by atoms with Gasteiger partial charge in [-0.1, -0.05) is 29.3 Å². The number of carbonyl (C=O) groups excluding carboxylic acids is 2. The van der Waals surface area contributed by atoms with Gasteiger partial charge in [0.25, 0.3) is 0 Å². The summed E-state index contributed by atoms with van der Waals surface area (Å²) in [4.78, 5) is 27.6. The molecule has 190 valence electrons. The van der Waals surface area contributed by atoms with Gasteiger partial charge in [0, 0.05) is 28.7 Å². The zero-order valence-corrected chi connectivity index (χ0v) is 22.1. The first-order valence-electron chi connectivity index (χ1n) is 10.8. The van der Waals surface area contributed by atoms with Gasteiger partial charge in [-0.25, -0.2) is 8.42 Å². The lowest BCUT2D eigenvalue weighted by Crippen LogP contribution is -2.52. The van der Waals surface area contributed by atoms with Gasteiger partial charge in [-0.2, -0.15) is 0 Å². The summed E-state index contributed by atoms with van der Waals surface area (Å²) >= 11 is 12.3. The van der Waals surface area contributed by atoms with Gasteiger partial charge in [0.1, 0.15) is 12.6 Å². The highest BCUT2D eigenvalue weighted by atomic mass is 35.5. The molecule has 0 saturated heterocycles. The second-order valence-corrected chi connectivity index (χ2v) is 11.2. The van der Waals surface area contributed by atoms with Crippen LogP contribution in [-0.2, 0) is 26.2 Å². The first-order valence-corrected chi connectivity index (χ1v) is 13.4. The van der Waals surface area contributed by atoms with Crippen LogP contribution < -0.4 is 19.1 Å². The number of nitrogens with one attached hydrogen (secondary N) is 1. The molecular weight excluding hydrogens is 517 g/mol. The molecule has 0 aliphatic carbocycles. The first kappa shape index (κ1) is 26.9. The molecule has 1 aliphatic heterocycles. The van der Waals surface area contributed by atoms with Crippen molar-refractivity contribution >= 4 is 50.7 Å². The van der Waals surface area contributed by atoms with E-state index in [0.29, 0.717) is 27.1 Å². The number of hydrogen-bond donors (Lipinski definition) is 1. The molecule has 0 bridgehead atoms. The molecule has 2 aromatic carbocycles. The number of anilines is 1. The van der Waals surface area contributed by atoms with Gasteiger partial charge in [0.2, 0.25) is 28.6 Å². The van der Waals surface area contributed by atoms with Gasteiger partial charge >= 0.3 is 0 Å². The van der Waals surface area contributed by atoms with Gasteiger partial charge in [0.15, 0.2) is 11.5 Å². The number of halogens is 2. The molecule has 0 unspecified atom stereocenters. The fraction of sp³-hybridized carbons (Fsp3) is 0.391. The van der Waals surface area contributed by atoms with E-state index in [0.717, 1.165) is 10.6 Å². The van der Waals surface area contributed by atoms with Crippen LogP contribution in [0.3, 0.4) is 0 Å². The van der Waals surface area contributed by atoms with E-state index in [-0.39, 0.29) is 31.0 Å². The average Bonchev–Trinajstić information content (AvgIpc) is 3.23. The molecule has 0 aromatic heterocycles. The summed E-state index contributed by atoms with van der Waals surface area (Å²) in [6.45, 7) is 4.64. The molecule has 9 nitrogen and oxygen atoms in total. The predicted octanol–water partition coefficient (Wildman–Crippen LogP) is 3.43. The Balaban J connectivity index is 1.94. The lowest BCUT2D eigenvalue weighted by Gasteiger charge is -2.32. The number of nitrogens with zero attached hydrogens (tertiary/aromatic N) is 2. The molecule has 3 rings (SSSR count). The third kappa shape index (κ3) is 6.71. The van der Waals surface area contributed by atoms with E-state index in [1.807, 2.05) is 0 Å². The van der Waals surface area contributed by atoms with Crippen LogP contribution in [0.15, 0.2) is 36.4 Å². The highest BCUT2D eigenvalue weighted by Crippen LogP contribution is 2.36. The monoisotopic (exact) mass is 543 g/mol. The standard InChI is InChI=1S/C23H27Cl2N3O6S/c1-14(2)26-23(30)15(3)27(11-16-5-6-17(24)9-19(16)25)22(29)12-28(35(4,31)32)18-7-8-20-21(10-18)34-13-33-20/h5-10,14-15H,11-13H2,1-4H3,(H,26,30)/t15-/m1/s1. The van der Waals surface area contributed by atoms with Crippen LogP contribution in [0.4, 0.5) is 5.69 Å². The summed E-state index contributed by atoms with van der Waals surface area (Å²) in [5.41, 5.74) is 0.788. The Labute approximate surface area is 214 Å². The lowest BCUT2D eigenvalue weighted by molar-refractivity contribution is -0.139. The van der Waals surface area contributed by atoms with E-state index in [2.05, 4.69) is 5.32 Å². The van der Waals surface area contributed by atoms with Crippen molar-refractivity contribution in [1.29, 1.82) is 0 Å². The maximum atomic E-state index is 13.5. The SMILES string of the molecule is CC(C)NC(=O)[C@@H](C)N(Cc1ccc(Cl)cc1Cl)C(=O)CN(c1ccc2c(c1)OCO2)S(C)(=O)=O. The third-order valence-electron chi connectivity index (χ3n) is 5.28. The summed E-state index contributed by atoms with van der Waals surface area (Å²) in [5, 5.41) is 3.53. The normalized spacial score (nSPS) is 13.5. The van der Waals surface area contributed by atoms with Gasteiger partial charge in [-0.15, -0.1) is 0 Å². The maximum absolute atomic E-state index is 13.5. The summed E-state index contributed by atoms with van der Waals surface area (Å²) in [6.07, 6.45) is 1.00. The van der Waals surface area contributed by atoms with Crippen molar-refractivity contribution in [2.45, 2.75) is 39.4 Å². The summed E-state index contributed by atoms with van der Waals surface area (Å²) in [7, 11) is -3.87. The van der Waals surface area contributed by atoms with Crippen molar-refractivity contribution in [3.8, 4) is 11.5 Å². The minimum Gasteiger partial charge on any atom is -0.454 e. The second-order valence-electron chi connectivity index (χ2n) is 8.40. The molecule has 2 aromatic rings. The molecule has 1 aliphatic rings. The maximum Gasteiger partial charge on any atom is 0.244 e. The highest BCUT2D eigenvalue weighted by Gasteiger charge is 2.31. The molecular formula is C23H27Cl2N3O6S. The molecule has 12 heteroatoms. The Hall–Kier alpha value is -2.69. The number of fused-ring (bicyclic) bond motifs is 1. The second kappa shape index (κ2) is 10.9. The summed E-state index contributed by atoms with van der Waals surface area (Å²) in [5.74, 6) is -0.123. The number of ether oxygens (including phenoxy) is 2. The van der Waals surface area contributed by atoms with E-state index in [9.17, 15) is 18.0 Å². The zero-order valence-electron chi connectivity index (χ0n) is 19.7. The number of amides is 2. The number of carbonyl (C=O) groups is 2. The Bertz CT molecular complexity index is 1220. The number of rotatable bonds is 9. The molecule has 0 fully saturated rings. The van der Waals surface area contributed by atoms with Crippen molar-refractivity contribution in [1.82, 2.24) is 10.2 Å². The Morgan fingerprint density at radius 3 is 2.37 bits per heavy atom. The van der Waals surface area contributed by atoms with E-state index in [4.69, 9.17) is 32.7 Å². The topological polar surface area (TPSA) is 105 Å². The molecule has 0 radical (unpaired) electrons. The van der Waals surface area contributed by atoms with Crippen LogP contribution in [0.1, 0.15) is 26.3 Å². The van der Waals surface area contributed by atoms with Gasteiger partial charge < -0.3 is 19.7 Å². The van der Waals surface area contributed by atoms with Crippen LogP contribution in [0.2, 0.25) is 10.0 Å². The van der Waals surface area contributed by atoms with Gasteiger partial charge in [0.05, 0.1) is 11.9 Å². The van der Waals surface area contributed by atoms with Crippen molar-refractivity contribution in [2.75, 3.05) is 23.9 Å². The molecule has 1 atom stereocenters. The summed E-state index contributed by atoms with van der Waals surface area (Å²) in [6, 6.07) is 8.35. The van der Waals surface area contributed by atoms with Crippen LogP contribution in [0, 0.1) is 0 Å². The fourth-order valence-electron chi connectivity index (χ4n) is 3.48. The summed E-state index contributed by atoms with van der Waals surface area (Å²) < 4.78 is 36.9. The zero-order chi connectivity index (χ0) is 25.9. The van der Waals surface area contributed by atoms with E-state index >= 15 is 0 Å². The highest BCUT2D eigenvalue weighted by molar-refractivity contribution is 7.92. The Morgan fingerprint density at radius 2 is 1.74 bits per heavy atom. The van der Waals surface area contributed by atoms with Gasteiger partial charge in [-0.05, 0) is 50.6 Å². The molecule has 2 amide bonds. The first-order chi connectivity index (χ1) is 16.4. The molecule has 1 N–H and O–H groups in total. The van der Waals surface area contributed by atoms with Gasteiger partial charge in [-0.3, -0.25) is 13.9 Å². The number of sulfonamides is 1. The largest absolute Gasteiger partial charge is 0.454 e. The van der Waals surface area contributed by atoms with Crippen LogP contribution in [0.25, 0.3) is 0 Å². The number of benzene rings is 2. The molecule has 0 saturated carbocycles. The minimum atomic E-state index is -3.87. The van der Waals surface area contributed by atoms with Crippen molar-refractivity contribution in [3.63, 3.8) is 0 Å². The quantitative estimate of drug-likeness (QED) is 0.519. The van der Waals surface area contributed by atoms with E-state index in [1.54, 1.807) is 39.0 Å². The average molecular weight is 544 g/mol. The van der Waals surface area contributed by atoms with Crippen LogP contribution in [-0.4, -0.2) is 56.8 Å². The minimum absolute atomic E-state index is 0.0225. The van der Waals surface area contributed by atoms with Crippen molar-refractivity contribution < 1.29 is 27.5 Å². The third-order valence-corrected chi connectivity index (χ3v) is 7.00. The van der Waals surface area contributed by atoms with E-state index < -0.39 is 28.5 Å². The Morgan fingerprint density at radius 1 is 1.06 bits per heavy atom. The van der Waals surface area contributed by atoms with Crippen molar-refractivity contribution in [3.05, 3.63) is 52.0 Å². The smallest absolute Gasteiger partial charge is 0.244 e. The van der Waals surface area contributed by atoms with Crippen LogP contribution >= 0.6 is 23.2 Å². The molecule has 0 spiro atoms.